The lowest BCUT2D eigenvalue weighted by Gasteiger charge is -2.23. The number of hydrogen-bond acceptors (Lipinski definition) is 2. The Morgan fingerprint density at radius 3 is 2.34 bits per heavy atom. The summed E-state index contributed by atoms with van der Waals surface area (Å²) in [5.41, 5.74) is 5.19. The molecule has 29 heavy (non-hydrogen) atoms. The number of anilines is 2. The Balaban J connectivity index is 1.52. The Kier molecular flexibility index (Phi) is 5.17. The van der Waals surface area contributed by atoms with Gasteiger partial charge in [-0.1, -0.05) is 43.3 Å². The highest BCUT2D eigenvalue weighted by Gasteiger charge is 2.31. The Morgan fingerprint density at radius 1 is 0.931 bits per heavy atom. The van der Waals surface area contributed by atoms with E-state index in [-0.39, 0.29) is 17.9 Å². The number of nitrogens with zero attached hydrogens (tertiary/aromatic N) is 1. The van der Waals surface area contributed by atoms with E-state index in [1.54, 1.807) is 24.3 Å². The molecule has 0 saturated heterocycles. The van der Waals surface area contributed by atoms with Crippen LogP contribution in [-0.2, 0) is 12.8 Å². The van der Waals surface area contributed by atoms with Crippen molar-refractivity contribution in [2.24, 2.45) is 0 Å². The Morgan fingerprint density at radius 2 is 1.59 bits per heavy atom. The average molecular weight is 384 g/mol. The molecule has 3 aromatic carbocycles. The molecule has 1 aliphatic heterocycles. The highest BCUT2D eigenvalue weighted by Crippen LogP contribution is 2.33. The third-order valence-electron chi connectivity index (χ3n) is 5.47. The van der Waals surface area contributed by atoms with Crippen LogP contribution in [0.3, 0.4) is 0 Å². The highest BCUT2D eigenvalue weighted by molar-refractivity contribution is 6.09. The molecule has 1 N–H and O–H groups in total. The number of para-hydroxylation sites is 2. The smallest absolute Gasteiger partial charge is 0.258 e. The number of carbonyl (C=O) groups is 2. The summed E-state index contributed by atoms with van der Waals surface area (Å²) < 4.78 is 0. The summed E-state index contributed by atoms with van der Waals surface area (Å²) in [5, 5.41) is 2.97. The second kappa shape index (κ2) is 7.92. The third-order valence-corrected chi connectivity index (χ3v) is 5.47. The first kappa shape index (κ1) is 18.9. The minimum absolute atomic E-state index is 0.0364. The van der Waals surface area contributed by atoms with Crippen molar-refractivity contribution in [3.05, 3.63) is 95.1 Å². The van der Waals surface area contributed by atoms with Crippen LogP contribution in [0.1, 0.15) is 45.7 Å². The zero-order valence-electron chi connectivity index (χ0n) is 16.7. The highest BCUT2D eigenvalue weighted by atomic mass is 16.2. The van der Waals surface area contributed by atoms with Gasteiger partial charge in [0.15, 0.2) is 0 Å². The monoisotopic (exact) mass is 384 g/mol. The molecule has 0 fully saturated rings. The Bertz CT molecular complexity index is 1060. The maximum absolute atomic E-state index is 13.1. The molecule has 3 aromatic rings. The van der Waals surface area contributed by atoms with E-state index in [1.807, 2.05) is 47.4 Å². The molecule has 146 valence electrons. The van der Waals surface area contributed by atoms with E-state index in [4.69, 9.17) is 0 Å². The number of nitrogens with one attached hydrogen (secondary N) is 1. The number of benzene rings is 3. The van der Waals surface area contributed by atoms with Crippen molar-refractivity contribution >= 4 is 23.2 Å². The van der Waals surface area contributed by atoms with Crippen molar-refractivity contribution in [1.82, 2.24) is 0 Å². The van der Waals surface area contributed by atoms with E-state index >= 15 is 0 Å². The molecule has 4 heteroatoms. The van der Waals surface area contributed by atoms with Crippen molar-refractivity contribution in [3.63, 3.8) is 0 Å². The molecule has 0 bridgehead atoms. The molecule has 0 spiro atoms. The lowest BCUT2D eigenvalue weighted by Crippen LogP contribution is -2.35. The molecule has 0 saturated carbocycles. The first-order valence-electron chi connectivity index (χ1n) is 9.99. The maximum atomic E-state index is 13.1. The van der Waals surface area contributed by atoms with Gasteiger partial charge in [-0.2, -0.15) is 0 Å². The normalized spacial score (nSPS) is 15.1. The van der Waals surface area contributed by atoms with Gasteiger partial charge in [0.2, 0.25) is 0 Å². The zero-order valence-corrected chi connectivity index (χ0v) is 16.7. The first-order chi connectivity index (χ1) is 14.1. The fourth-order valence-electron chi connectivity index (χ4n) is 3.92. The van der Waals surface area contributed by atoms with Gasteiger partial charge in [-0.3, -0.25) is 9.59 Å². The fraction of sp³-hybridized carbons (Fsp3) is 0.200. The molecule has 1 unspecified atom stereocenters. The summed E-state index contributed by atoms with van der Waals surface area (Å²) in [4.78, 5) is 27.6. The molecule has 4 rings (SSSR count). The van der Waals surface area contributed by atoms with Crippen LogP contribution >= 0.6 is 0 Å². The molecule has 2 amide bonds. The number of amides is 2. The molecular formula is C25H24N2O2. The van der Waals surface area contributed by atoms with Crippen LogP contribution in [0, 0.1) is 0 Å². The second-order valence-corrected chi connectivity index (χ2v) is 7.40. The van der Waals surface area contributed by atoms with Crippen LogP contribution in [-0.4, -0.2) is 17.9 Å². The minimum Gasteiger partial charge on any atom is -0.322 e. The summed E-state index contributed by atoms with van der Waals surface area (Å²) in [7, 11) is 0. The van der Waals surface area contributed by atoms with Crippen molar-refractivity contribution in [3.8, 4) is 0 Å². The lowest BCUT2D eigenvalue weighted by atomic mass is 10.1. The number of fused-ring (bicyclic) bond motifs is 1. The van der Waals surface area contributed by atoms with Crippen molar-refractivity contribution < 1.29 is 9.59 Å². The van der Waals surface area contributed by atoms with Gasteiger partial charge in [0.1, 0.15) is 0 Å². The van der Waals surface area contributed by atoms with E-state index in [1.165, 1.54) is 5.56 Å². The van der Waals surface area contributed by atoms with Gasteiger partial charge < -0.3 is 10.2 Å². The summed E-state index contributed by atoms with van der Waals surface area (Å²) in [5.74, 6) is -0.212. The predicted octanol–water partition coefficient (Wildman–Crippen LogP) is 5.09. The average Bonchev–Trinajstić information content (AvgIpc) is 3.09. The van der Waals surface area contributed by atoms with Gasteiger partial charge in [0, 0.05) is 28.5 Å². The van der Waals surface area contributed by atoms with Crippen LogP contribution in [0.2, 0.25) is 0 Å². The van der Waals surface area contributed by atoms with Gasteiger partial charge in [0.05, 0.1) is 0 Å². The number of aryl methyl sites for hydroxylation is 1. The van der Waals surface area contributed by atoms with E-state index in [9.17, 15) is 9.59 Å². The van der Waals surface area contributed by atoms with E-state index in [0.717, 1.165) is 29.8 Å². The van der Waals surface area contributed by atoms with Crippen molar-refractivity contribution in [2.75, 3.05) is 10.2 Å². The standard InChI is InChI=1S/C25H24N2O2/c1-3-18-8-4-6-10-22(18)26-24(28)19-12-14-20(15-13-19)25(29)27-17(2)16-21-9-5-7-11-23(21)27/h4-15,17H,3,16H2,1-2H3,(H,26,28). The molecular weight excluding hydrogens is 360 g/mol. The zero-order chi connectivity index (χ0) is 20.4. The molecule has 0 aliphatic carbocycles. The summed E-state index contributed by atoms with van der Waals surface area (Å²) in [6, 6.07) is 22.8. The van der Waals surface area contributed by atoms with Gasteiger partial charge in [-0.15, -0.1) is 0 Å². The first-order valence-corrected chi connectivity index (χ1v) is 9.99. The van der Waals surface area contributed by atoms with Crippen LogP contribution in [0.4, 0.5) is 11.4 Å². The fourth-order valence-corrected chi connectivity index (χ4v) is 3.92. The number of carbonyl (C=O) groups excluding carboxylic acids is 2. The molecule has 4 nitrogen and oxygen atoms in total. The van der Waals surface area contributed by atoms with Crippen molar-refractivity contribution in [2.45, 2.75) is 32.7 Å². The molecule has 0 radical (unpaired) electrons. The minimum atomic E-state index is -0.176. The lowest BCUT2D eigenvalue weighted by molar-refractivity contribution is 0.0978. The summed E-state index contributed by atoms with van der Waals surface area (Å²) in [6.07, 6.45) is 1.71. The maximum Gasteiger partial charge on any atom is 0.258 e. The van der Waals surface area contributed by atoms with Crippen molar-refractivity contribution in [1.29, 1.82) is 0 Å². The van der Waals surface area contributed by atoms with Crippen LogP contribution in [0.5, 0.6) is 0 Å². The van der Waals surface area contributed by atoms with Crippen LogP contribution in [0.25, 0.3) is 0 Å². The van der Waals surface area contributed by atoms with Gasteiger partial charge in [-0.25, -0.2) is 0 Å². The number of hydrogen-bond donors (Lipinski definition) is 1. The Hall–Kier alpha value is -3.40. The Labute approximate surface area is 171 Å². The van der Waals surface area contributed by atoms with Gasteiger partial charge in [0.25, 0.3) is 11.8 Å². The van der Waals surface area contributed by atoms with Crippen LogP contribution < -0.4 is 10.2 Å². The van der Waals surface area contributed by atoms with Crippen LogP contribution in [0.15, 0.2) is 72.8 Å². The quantitative estimate of drug-likeness (QED) is 0.681. The third kappa shape index (κ3) is 3.66. The van der Waals surface area contributed by atoms with E-state index in [0.29, 0.717) is 11.1 Å². The predicted molar refractivity (Wildman–Crippen MR) is 117 cm³/mol. The summed E-state index contributed by atoms with van der Waals surface area (Å²) in [6.45, 7) is 4.12. The SMILES string of the molecule is CCc1ccccc1NC(=O)c1ccc(C(=O)N2c3ccccc3CC2C)cc1. The molecule has 1 heterocycles. The molecule has 1 atom stereocenters. The molecule has 0 aromatic heterocycles. The molecule has 1 aliphatic rings. The van der Waals surface area contributed by atoms with Gasteiger partial charge in [-0.05, 0) is 67.3 Å². The number of rotatable bonds is 4. The largest absolute Gasteiger partial charge is 0.322 e. The second-order valence-electron chi connectivity index (χ2n) is 7.40. The van der Waals surface area contributed by atoms with E-state index < -0.39 is 0 Å². The van der Waals surface area contributed by atoms with Gasteiger partial charge >= 0.3 is 0 Å². The topological polar surface area (TPSA) is 49.4 Å². The summed E-state index contributed by atoms with van der Waals surface area (Å²) >= 11 is 0. The van der Waals surface area contributed by atoms with E-state index in [2.05, 4.69) is 25.2 Å².